The number of hydrogen-bond donors (Lipinski definition) is 1. The van der Waals surface area contributed by atoms with Crippen LogP contribution in [-0.2, 0) is 20.0 Å². The standard InChI is InChI=1S/C22H19F2N3O4S2/c1-32(28,29)26-17-6-4-5-15(13-17)21-14-22(19-7-2-3-8-20(19)24)27(25-21)33(30,31)18-11-9-16(23)10-12-18/h2-13,22,26H,14H2,1H3/t22-/m1/s1. The fourth-order valence-corrected chi connectivity index (χ4v) is 5.53. The second kappa shape index (κ2) is 8.56. The molecular weight excluding hydrogens is 472 g/mol. The van der Waals surface area contributed by atoms with Crippen LogP contribution in [0.15, 0.2) is 82.8 Å². The Morgan fingerprint density at radius 1 is 0.939 bits per heavy atom. The van der Waals surface area contributed by atoms with Crippen molar-refractivity contribution in [2.45, 2.75) is 17.4 Å². The summed E-state index contributed by atoms with van der Waals surface area (Å²) in [5, 5.41) is 4.29. The van der Waals surface area contributed by atoms with E-state index in [0.717, 1.165) is 34.9 Å². The molecular formula is C22H19F2N3O4S2. The molecule has 0 fully saturated rings. The molecule has 7 nitrogen and oxygen atoms in total. The van der Waals surface area contributed by atoms with Gasteiger partial charge in [0.05, 0.1) is 22.9 Å². The van der Waals surface area contributed by atoms with Gasteiger partial charge >= 0.3 is 0 Å². The summed E-state index contributed by atoms with van der Waals surface area (Å²) in [5.41, 5.74) is 1.21. The van der Waals surface area contributed by atoms with Gasteiger partial charge in [-0.25, -0.2) is 17.2 Å². The molecule has 0 spiro atoms. The van der Waals surface area contributed by atoms with E-state index >= 15 is 0 Å². The minimum Gasteiger partial charge on any atom is -0.284 e. The zero-order valence-corrected chi connectivity index (χ0v) is 18.9. The van der Waals surface area contributed by atoms with E-state index in [0.29, 0.717) is 11.3 Å². The van der Waals surface area contributed by atoms with Crippen LogP contribution >= 0.6 is 0 Å². The predicted molar refractivity (Wildman–Crippen MR) is 121 cm³/mol. The summed E-state index contributed by atoms with van der Waals surface area (Å²) in [6, 6.07) is 15.4. The van der Waals surface area contributed by atoms with Crippen molar-refractivity contribution in [3.05, 3.63) is 95.6 Å². The van der Waals surface area contributed by atoms with Crippen LogP contribution in [0.3, 0.4) is 0 Å². The number of hydrazone groups is 1. The Hall–Kier alpha value is -3.31. The Labute approximate surface area is 190 Å². The highest BCUT2D eigenvalue weighted by Gasteiger charge is 2.39. The molecule has 0 saturated heterocycles. The summed E-state index contributed by atoms with van der Waals surface area (Å²) in [4.78, 5) is -0.192. The molecule has 1 N–H and O–H groups in total. The first-order valence-corrected chi connectivity index (χ1v) is 13.1. The molecule has 0 amide bonds. The monoisotopic (exact) mass is 491 g/mol. The SMILES string of the molecule is CS(=O)(=O)Nc1cccc(C2=NN(S(=O)(=O)c3ccc(F)cc3)[C@@H](c3ccccc3F)C2)c1. The van der Waals surface area contributed by atoms with Crippen LogP contribution in [-0.4, -0.2) is 33.2 Å². The Kier molecular flexibility index (Phi) is 5.93. The van der Waals surface area contributed by atoms with E-state index in [9.17, 15) is 25.6 Å². The van der Waals surface area contributed by atoms with Gasteiger partial charge in [-0.15, -0.1) is 0 Å². The molecule has 1 aliphatic rings. The summed E-state index contributed by atoms with van der Waals surface area (Å²) in [7, 11) is -7.78. The highest BCUT2D eigenvalue weighted by Crippen LogP contribution is 2.38. The van der Waals surface area contributed by atoms with Crippen molar-refractivity contribution in [1.29, 1.82) is 0 Å². The Morgan fingerprint density at radius 2 is 1.64 bits per heavy atom. The fraction of sp³-hybridized carbons (Fsp3) is 0.136. The van der Waals surface area contributed by atoms with Crippen LogP contribution in [0.4, 0.5) is 14.5 Å². The van der Waals surface area contributed by atoms with Crippen molar-refractivity contribution >= 4 is 31.4 Å². The Morgan fingerprint density at radius 3 is 2.30 bits per heavy atom. The van der Waals surface area contributed by atoms with Crippen molar-refractivity contribution in [3.8, 4) is 0 Å². The van der Waals surface area contributed by atoms with Crippen LogP contribution in [0.5, 0.6) is 0 Å². The van der Waals surface area contributed by atoms with Crippen LogP contribution in [0.25, 0.3) is 0 Å². The molecule has 172 valence electrons. The number of rotatable bonds is 6. The number of hydrogen-bond acceptors (Lipinski definition) is 5. The van der Waals surface area contributed by atoms with Crippen LogP contribution in [0, 0.1) is 11.6 Å². The first-order chi connectivity index (χ1) is 15.5. The maximum absolute atomic E-state index is 14.6. The van der Waals surface area contributed by atoms with Crippen molar-refractivity contribution < 1.29 is 25.6 Å². The largest absolute Gasteiger partial charge is 0.284 e. The molecule has 4 rings (SSSR count). The smallest absolute Gasteiger partial charge is 0.279 e. The van der Waals surface area contributed by atoms with Crippen LogP contribution in [0.1, 0.15) is 23.6 Å². The van der Waals surface area contributed by atoms with Gasteiger partial charge in [-0.2, -0.15) is 17.9 Å². The third kappa shape index (κ3) is 4.88. The van der Waals surface area contributed by atoms with Crippen LogP contribution in [0.2, 0.25) is 0 Å². The van der Waals surface area contributed by atoms with Crippen molar-refractivity contribution in [2.24, 2.45) is 5.10 Å². The van der Waals surface area contributed by atoms with E-state index in [2.05, 4.69) is 9.82 Å². The highest BCUT2D eigenvalue weighted by atomic mass is 32.2. The van der Waals surface area contributed by atoms with Gasteiger partial charge in [-0.1, -0.05) is 30.3 Å². The predicted octanol–water partition coefficient (Wildman–Crippen LogP) is 3.88. The minimum atomic E-state index is -4.25. The lowest BCUT2D eigenvalue weighted by Crippen LogP contribution is -2.28. The number of nitrogens with one attached hydrogen (secondary N) is 1. The first kappa shape index (κ1) is 22.9. The van der Waals surface area contributed by atoms with E-state index in [1.54, 1.807) is 24.3 Å². The maximum atomic E-state index is 14.6. The third-order valence-electron chi connectivity index (χ3n) is 4.99. The van der Waals surface area contributed by atoms with Gasteiger partial charge in [0.2, 0.25) is 10.0 Å². The number of sulfonamides is 2. The molecule has 3 aromatic carbocycles. The molecule has 33 heavy (non-hydrogen) atoms. The first-order valence-electron chi connectivity index (χ1n) is 9.75. The highest BCUT2D eigenvalue weighted by molar-refractivity contribution is 7.92. The lowest BCUT2D eigenvalue weighted by molar-refractivity contribution is 0.362. The summed E-state index contributed by atoms with van der Waals surface area (Å²) >= 11 is 0. The summed E-state index contributed by atoms with van der Waals surface area (Å²) in [6.07, 6.45) is 1.06. The van der Waals surface area contributed by atoms with E-state index in [1.165, 1.54) is 24.3 Å². The zero-order valence-electron chi connectivity index (χ0n) is 17.3. The molecule has 1 atom stereocenters. The summed E-state index contributed by atoms with van der Waals surface area (Å²) in [5.74, 6) is -1.19. The van der Waals surface area contributed by atoms with Gasteiger partial charge in [0.15, 0.2) is 0 Å². The van der Waals surface area contributed by atoms with E-state index < -0.39 is 37.7 Å². The second-order valence-electron chi connectivity index (χ2n) is 7.47. The molecule has 0 bridgehead atoms. The zero-order chi connectivity index (χ0) is 23.8. The fourth-order valence-electron chi connectivity index (χ4n) is 3.55. The molecule has 0 unspecified atom stereocenters. The van der Waals surface area contributed by atoms with Gasteiger partial charge in [0, 0.05) is 17.7 Å². The Balaban J connectivity index is 1.80. The topological polar surface area (TPSA) is 95.9 Å². The third-order valence-corrected chi connectivity index (χ3v) is 7.30. The molecule has 1 aliphatic heterocycles. The van der Waals surface area contributed by atoms with Crippen molar-refractivity contribution in [1.82, 2.24) is 4.41 Å². The lowest BCUT2D eigenvalue weighted by atomic mass is 9.98. The van der Waals surface area contributed by atoms with Crippen molar-refractivity contribution in [2.75, 3.05) is 11.0 Å². The number of nitrogens with zero attached hydrogens (tertiary/aromatic N) is 2. The van der Waals surface area contributed by atoms with Gasteiger partial charge < -0.3 is 0 Å². The molecule has 0 aliphatic carbocycles. The molecule has 3 aromatic rings. The summed E-state index contributed by atoms with van der Waals surface area (Å²) in [6.45, 7) is 0. The van der Waals surface area contributed by atoms with Gasteiger partial charge in [-0.3, -0.25) is 4.72 Å². The number of halogens is 2. The lowest BCUT2D eigenvalue weighted by Gasteiger charge is -2.23. The van der Waals surface area contributed by atoms with E-state index in [-0.39, 0.29) is 22.6 Å². The van der Waals surface area contributed by atoms with Gasteiger partial charge in [0.1, 0.15) is 11.6 Å². The second-order valence-corrected chi connectivity index (χ2v) is 11.0. The average Bonchev–Trinajstić information content (AvgIpc) is 3.20. The molecule has 11 heteroatoms. The van der Waals surface area contributed by atoms with E-state index in [4.69, 9.17) is 0 Å². The normalized spacial score (nSPS) is 16.5. The van der Waals surface area contributed by atoms with E-state index in [1.807, 2.05) is 0 Å². The van der Waals surface area contributed by atoms with Gasteiger partial charge in [0.25, 0.3) is 10.0 Å². The van der Waals surface area contributed by atoms with Gasteiger partial charge in [-0.05, 0) is 48.0 Å². The molecule has 0 radical (unpaired) electrons. The quantitative estimate of drug-likeness (QED) is 0.566. The average molecular weight is 492 g/mol. The minimum absolute atomic E-state index is 0.0453. The molecule has 0 saturated carbocycles. The van der Waals surface area contributed by atoms with Crippen molar-refractivity contribution in [3.63, 3.8) is 0 Å². The number of anilines is 1. The summed E-state index contributed by atoms with van der Waals surface area (Å²) < 4.78 is 81.0. The number of benzene rings is 3. The molecule has 1 heterocycles. The van der Waals surface area contributed by atoms with Crippen LogP contribution < -0.4 is 4.72 Å². The Bertz CT molecular complexity index is 1440. The maximum Gasteiger partial charge on any atom is 0.279 e. The molecule has 0 aromatic heterocycles.